The Bertz CT molecular complexity index is 824. The zero-order chi connectivity index (χ0) is 17.6. The number of carbonyl (C=O) groups excluding carboxylic acids is 1. The maximum atomic E-state index is 12.2. The van der Waals surface area contributed by atoms with E-state index in [0.29, 0.717) is 12.8 Å². The van der Waals surface area contributed by atoms with E-state index in [4.69, 9.17) is 0 Å². The molecule has 0 fully saturated rings. The van der Waals surface area contributed by atoms with Gasteiger partial charge in [0.15, 0.2) is 0 Å². The van der Waals surface area contributed by atoms with Crippen LogP contribution in [0, 0.1) is 0 Å². The molecule has 1 atom stereocenters. The molecule has 0 aliphatic heterocycles. The number of pyridine rings is 1. The summed E-state index contributed by atoms with van der Waals surface area (Å²) >= 11 is 0. The van der Waals surface area contributed by atoms with Crippen LogP contribution in [-0.4, -0.2) is 20.7 Å². The van der Waals surface area contributed by atoms with Gasteiger partial charge < -0.3 is 5.32 Å². The molecule has 0 aliphatic rings. The molecule has 0 saturated heterocycles. The van der Waals surface area contributed by atoms with E-state index in [9.17, 15) is 4.79 Å². The number of nitrogens with zero attached hydrogens (tertiary/aromatic N) is 3. The highest BCUT2D eigenvalue weighted by Crippen LogP contribution is 2.21. The van der Waals surface area contributed by atoms with E-state index < -0.39 is 0 Å². The Labute approximate surface area is 147 Å². The molecule has 5 heteroatoms. The predicted octanol–water partition coefficient (Wildman–Crippen LogP) is 3.29. The first-order valence-electron chi connectivity index (χ1n) is 8.39. The van der Waals surface area contributed by atoms with Gasteiger partial charge >= 0.3 is 0 Å². The van der Waals surface area contributed by atoms with Gasteiger partial charge in [-0.25, -0.2) is 0 Å². The van der Waals surface area contributed by atoms with Gasteiger partial charge in [0, 0.05) is 32.1 Å². The molecule has 1 N–H and O–H groups in total. The molecule has 3 rings (SSSR count). The highest BCUT2D eigenvalue weighted by molar-refractivity contribution is 5.76. The SMILES string of the molecule is CC(NC(=O)CCc1cnn(C)c1)c1ccc(-c2ccncc2)cc1. The summed E-state index contributed by atoms with van der Waals surface area (Å²) in [7, 11) is 1.88. The van der Waals surface area contributed by atoms with Crippen LogP contribution in [0.4, 0.5) is 0 Å². The van der Waals surface area contributed by atoms with Crippen molar-refractivity contribution in [2.45, 2.75) is 25.8 Å². The van der Waals surface area contributed by atoms with Crippen LogP contribution in [0.25, 0.3) is 11.1 Å². The zero-order valence-corrected chi connectivity index (χ0v) is 14.5. The first-order valence-corrected chi connectivity index (χ1v) is 8.39. The molecule has 0 spiro atoms. The van der Waals surface area contributed by atoms with Crippen molar-refractivity contribution in [3.05, 3.63) is 72.3 Å². The first kappa shape index (κ1) is 16.9. The van der Waals surface area contributed by atoms with E-state index in [-0.39, 0.29) is 11.9 Å². The zero-order valence-electron chi connectivity index (χ0n) is 14.5. The quantitative estimate of drug-likeness (QED) is 0.752. The van der Waals surface area contributed by atoms with Gasteiger partial charge in [0.1, 0.15) is 0 Å². The summed E-state index contributed by atoms with van der Waals surface area (Å²) in [6.07, 6.45) is 8.48. The number of carbonyl (C=O) groups is 1. The molecule has 0 aliphatic carbocycles. The fourth-order valence-corrected chi connectivity index (χ4v) is 2.76. The second-order valence-corrected chi connectivity index (χ2v) is 6.17. The lowest BCUT2D eigenvalue weighted by Crippen LogP contribution is -2.26. The Morgan fingerprint density at radius 3 is 2.44 bits per heavy atom. The molecular formula is C20H22N4O. The Morgan fingerprint density at radius 2 is 1.80 bits per heavy atom. The Hall–Kier alpha value is -2.95. The highest BCUT2D eigenvalue weighted by atomic mass is 16.1. The maximum absolute atomic E-state index is 12.2. The van der Waals surface area contributed by atoms with Gasteiger partial charge in [-0.05, 0) is 47.7 Å². The molecule has 3 aromatic rings. The minimum atomic E-state index is -0.0205. The maximum Gasteiger partial charge on any atom is 0.220 e. The van der Waals surface area contributed by atoms with E-state index in [1.54, 1.807) is 23.3 Å². The van der Waals surface area contributed by atoms with E-state index in [2.05, 4.69) is 39.7 Å². The lowest BCUT2D eigenvalue weighted by molar-refractivity contribution is -0.121. The van der Waals surface area contributed by atoms with Gasteiger partial charge in [0.2, 0.25) is 5.91 Å². The van der Waals surface area contributed by atoms with E-state index in [1.807, 2.05) is 32.3 Å². The van der Waals surface area contributed by atoms with Crippen molar-refractivity contribution in [2.24, 2.45) is 7.05 Å². The summed E-state index contributed by atoms with van der Waals surface area (Å²) in [5.74, 6) is 0.0505. The van der Waals surface area contributed by atoms with Crippen molar-refractivity contribution in [2.75, 3.05) is 0 Å². The number of amides is 1. The fourth-order valence-electron chi connectivity index (χ4n) is 2.76. The van der Waals surface area contributed by atoms with Gasteiger partial charge in [0.25, 0.3) is 0 Å². The number of hydrogen-bond acceptors (Lipinski definition) is 3. The minimum Gasteiger partial charge on any atom is -0.350 e. The first-order chi connectivity index (χ1) is 12.1. The van der Waals surface area contributed by atoms with Crippen molar-refractivity contribution in [1.29, 1.82) is 0 Å². The van der Waals surface area contributed by atoms with Gasteiger partial charge in [-0.1, -0.05) is 24.3 Å². The molecular weight excluding hydrogens is 312 g/mol. The second-order valence-electron chi connectivity index (χ2n) is 6.17. The molecule has 1 unspecified atom stereocenters. The van der Waals surface area contributed by atoms with Gasteiger partial charge in [-0.2, -0.15) is 5.10 Å². The van der Waals surface area contributed by atoms with E-state index >= 15 is 0 Å². The van der Waals surface area contributed by atoms with Crippen LogP contribution in [0.2, 0.25) is 0 Å². The molecule has 2 heterocycles. The number of aromatic nitrogens is 3. The molecule has 5 nitrogen and oxygen atoms in total. The van der Waals surface area contributed by atoms with Gasteiger partial charge in [-0.15, -0.1) is 0 Å². The molecule has 1 aromatic carbocycles. The van der Waals surface area contributed by atoms with Gasteiger partial charge in [0.05, 0.1) is 12.2 Å². The highest BCUT2D eigenvalue weighted by Gasteiger charge is 2.10. The molecule has 128 valence electrons. The smallest absolute Gasteiger partial charge is 0.220 e. The normalized spacial score (nSPS) is 11.9. The molecule has 1 amide bonds. The van der Waals surface area contributed by atoms with Crippen LogP contribution in [0.15, 0.2) is 61.2 Å². The van der Waals surface area contributed by atoms with Crippen molar-refractivity contribution in [3.63, 3.8) is 0 Å². The predicted molar refractivity (Wildman–Crippen MR) is 97.8 cm³/mol. The molecule has 2 aromatic heterocycles. The summed E-state index contributed by atoms with van der Waals surface area (Å²) in [5, 5.41) is 7.17. The minimum absolute atomic E-state index is 0.0205. The third-order valence-corrected chi connectivity index (χ3v) is 4.20. The summed E-state index contributed by atoms with van der Waals surface area (Å²) in [5.41, 5.74) is 4.44. The molecule has 0 saturated carbocycles. The Balaban J connectivity index is 1.55. The van der Waals surface area contributed by atoms with Gasteiger partial charge in [-0.3, -0.25) is 14.5 Å². The molecule has 0 radical (unpaired) electrons. The summed E-state index contributed by atoms with van der Waals surface area (Å²) in [6.45, 7) is 2.00. The van der Waals surface area contributed by atoms with Crippen LogP contribution in [-0.2, 0) is 18.3 Å². The summed E-state index contributed by atoms with van der Waals surface area (Å²) < 4.78 is 1.75. The van der Waals surface area contributed by atoms with Crippen LogP contribution in [0.5, 0.6) is 0 Å². The molecule has 25 heavy (non-hydrogen) atoms. The van der Waals surface area contributed by atoms with Crippen LogP contribution >= 0.6 is 0 Å². The summed E-state index contributed by atoms with van der Waals surface area (Å²) in [4.78, 5) is 16.2. The number of nitrogens with one attached hydrogen (secondary N) is 1. The standard InChI is InChI=1S/C20H22N4O/c1-15(23-20(25)8-3-16-13-22-24(2)14-16)17-4-6-18(7-5-17)19-9-11-21-12-10-19/h4-7,9-15H,3,8H2,1-2H3,(H,23,25). The lowest BCUT2D eigenvalue weighted by Gasteiger charge is -2.15. The van der Waals surface area contributed by atoms with Crippen molar-refractivity contribution in [1.82, 2.24) is 20.1 Å². The average Bonchev–Trinajstić information content (AvgIpc) is 3.06. The second kappa shape index (κ2) is 7.75. The third-order valence-electron chi connectivity index (χ3n) is 4.20. The largest absolute Gasteiger partial charge is 0.350 e. The average molecular weight is 334 g/mol. The monoisotopic (exact) mass is 334 g/mol. The lowest BCUT2D eigenvalue weighted by atomic mass is 10.0. The van der Waals surface area contributed by atoms with Crippen LogP contribution in [0.3, 0.4) is 0 Å². The fraction of sp³-hybridized carbons (Fsp3) is 0.250. The van der Waals surface area contributed by atoms with Crippen molar-refractivity contribution >= 4 is 5.91 Å². The van der Waals surface area contributed by atoms with Crippen LogP contribution < -0.4 is 5.32 Å². The van der Waals surface area contributed by atoms with E-state index in [0.717, 1.165) is 22.3 Å². The number of rotatable bonds is 6. The molecule has 0 bridgehead atoms. The Kier molecular flexibility index (Phi) is 5.23. The third kappa shape index (κ3) is 4.53. The van der Waals surface area contributed by atoms with Crippen molar-refractivity contribution < 1.29 is 4.79 Å². The van der Waals surface area contributed by atoms with Crippen molar-refractivity contribution in [3.8, 4) is 11.1 Å². The summed E-state index contributed by atoms with van der Waals surface area (Å²) in [6, 6.07) is 12.2. The number of benzene rings is 1. The topological polar surface area (TPSA) is 59.8 Å². The van der Waals surface area contributed by atoms with Crippen LogP contribution in [0.1, 0.15) is 30.5 Å². The number of hydrogen-bond donors (Lipinski definition) is 1. The van der Waals surface area contributed by atoms with E-state index in [1.165, 1.54) is 0 Å². The Morgan fingerprint density at radius 1 is 1.12 bits per heavy atom. The number of aryl methyl sites for hydroxylation is 2.